The number of rotatable bonds is 10. The van der Waals surface area contributed by atoms with Crippen LogP contribution in [-0.4, -0.2) is 51.5 Å². The lowest BCUT2D eigenvalue weighted by molar-refractivity contribution is 0.374. The highest BCUT2D eigenvalue weighted by atomic mass is 32.2. The Labute approximate surface area is 182 Å². The Morgan fingerprint density at radius 3 is 1.90 bits per heavy atom. The van der Waals surface area contributed by atoms with E-state index in [9.17, 15) is 16.8 Å². The molecule has 31 heavy (non-hydrogen) atoms. The molecule has 9 nitrogen and oxygen atoms in total. The highest BCUT2D eigenvalue weighted by Gasteiger charge is 2.15. The SMILES string of the molecule is COc1cc(OC)c(/C=C/S(=O)(=O)Cc2ccc(OC)c(NS(C)(=O)=O)c2)c(OC)c1. The Morgan fingerprint density at radius 2 is 1.42 bits per heavy atom. The summed E-state index contributed by atoms with van der Waals surface area (Å²) in [5.41, 5.74) is 0.967. The molecule has 0 aliphatic rings. The van der Waals surface area contributed by atoms with Crippen LogP contribution in [0, 0.1) is 0 Å². The molecule has 0 spiro atoms. The molecule has 2 rings (SSSR count). The van der Waals surface area contributed by atoms with Crippen LogP contribution in [0.4, 0.5) is 5.69 Å². The van der Waals surface area contributed by atoms with Crippen molar-refractivity contribution in [2.45, 2.75) is 5.75 Å². The van der Waals surface area contributed by atoms with Crippen molar-refractivity contribution in [3.05, 3.63) is 46.9 Å². The molecule has 0 radical (unpaired) electrons. The lowest BCUT2D eigenvalue weighted by atomic mass is 10.1. The van der Waals surface area contributed by atoms with Crippen molar-refractivity contribution in [3.63, 3.8) is 0 Å². The predicted molar refractivity (Wildman–Crippen MR) is 119 cm³/mol. The summed E-state index contributed by atoms with van der Waals surface area (Å²) in [6.45, 7) is 0. The minimum atomic E-state index is -3.72. The minimum Gasteiger partial charge on any atom is -0.496 e. The van der Waals surface area contributed by atoms with Gasteiger partial charge < -0.3 is 18.9 Å². The molecule has 2 aromatic carbocycles. The molecule has 0 unspecified atom stereocenters. The smallest absolute Gasteiger partial charge is 0.229 e. The summed E-state index contributed by atoms with van der Waals surface area (Å²) in [5, 5.41) is 1.05. The van der Waals surface area contributed by atoms with E-state index in [-0.39, 0.29) is 17.2 Å². The van der Waals surface area contributed by atoms with Gasteiger partial charge in [0.05, 0.1) is 51.7 Å². The lowest BCUT2D eigenvalue weighted by Gasteiger charge is -2.13. The number of sulfonamides is 1. The van der Waals surface area contributed by atoms with Crippen molar-refractivity contribution in [1.82, 2.24) is 0 Å². The van der Waals surface area contributed by atoms with Crippen LogP contribution in [0.15, 0.2) is 35.7 Å². The van der Waals surface area contributed by atoms with Gasteiger partial charge in [-0.25, -0.2) is 16.8 Å². The van der Waals surface area contributed by atoms with Gasteiger partial charge in [0.25, 0.3) is 0 Å². The average Bonchev–Trinajstić information content (AvgIpc) is 2.70. The molecule has 11 heteroatoms. The topological polar surface area (TPSA) is 117 Å². The fraction of sp³-hybridized carbons (Fsp3) is 0.300. The van der Waals surface area contributed by atoms with E-state index in [1.54, 1.807) is 18.2 Å². The van der Waals surface area contributed by atoms with E-state index in [4.69, 9.17) is 18.9 Å². The van der Waals surface area contributed by atoms with E-state index in [2.05, 4.69) is 4.72 Å². The standard InChI is InChI=1S/C20H25NO8S2/c1-26-15-11-19(28-3)16(20(12-15)29-4)8-9-31(24,25)13-14-6-7-18(27-2)17(10-14)21-30(5,22)23/h6-12,21H,13H2,1-5H3/b9-8+. The van der Waals surface area contributed by atoms with Crippen molar-refractivity contribution >= 4 is 31.6 Å². The van der Waals surface area contributed by atoms with Gasteiger partial charge in [0, 0.05) is 17.5 Å². The largest absolute Gasteiger partial charge is 0.496 e. The third-order valence-corrected chi connectivity index (χ3v) is 6.00. The first kappa shape index (κ1) is 24.4. The van der Waals surface area contributed by atoms with Crippen molar-refractivity contribution in [1.29, 1.82) is 0 Å². The highest BCUT2D eigenvalue weighted by molar-refractivity contribution is 7.93. The van der Waals surface area contributed by atoms with E-state index in [0.29, 0.717) is 28.4 Å². The third kappa shape index (κ3) is 6.79. The van der Waals surface area contributed by atoms with Gasteiger partial charge in [-0.3, -0.25) is 4.72 Å². The van der Waals surface area contributed by atoms with Crippen molar-refractivity contribution in [2.24, 2.45) is 0 Å². The van der Waals surface area contributed by atoms with E-state index in [1.807, 2.05) is 0 Å². The van der Waals surface area contributed by atoms with Crippen LogP contribution < -0.4 is 23.7 Å². The normalized spacial score (nSPS) is 11.9. The highest BCUT2D eigenvalue weighted by Crippen LogP contribution is 2.35. The Morgan fingerprint density at radius 1 is 0.839 bits per heavy atom. The van der Waals surface area contributed by atoms with E-state index in [1.165, 1.54) is 46.6 Å². The van der Waals surface area contributed by atoms with Gasteiger partial charge in [-0.15, -0.1) is 0 Å². The first-order chi connectivity index (χ1) is 14.5. The molecule has 1 N–H and O–H groups in total. The zero-order chi connectivity index (χ0) is 23.2. The van der Waals surface area contributed by atoms with Gasteiger partial charge in [-0.2, -0.15) is 0 Å². The quantitative estimate of drug-likeness (QED) is 0.562. The first-order valence-corrected chi connectivity index (χ1v) is 12.5. The van der Waals surface area contributed by atoms with Gasteiger partial charge in [0.1, 0.15) is 23.0 Å². The number of methoxy groups -OCH3 is 4. The molecule has 0 bridgehead atoms. The van der Waals surface area contributed by atoms with Crippen molar-refractivity contribution < 1.29 is 35.8 Å². The molecule has 2 aromatic rings. The van der Waals surface area contributed by atoms with Gasteiger partial charge in [-0.05, 0) is 23.8 Å². The Hall–Kier alpha value is -2.92. The monoisotopic (exact) mass is 471 g/mol. The van der Waals surface area contributed by atoms with Gasteiger partial charge in [0.2, 0.25) is 10.0 Å². The molecule has 0 amide bonds. The maximum absolute atomic E-state index is 12.7. The molecular weight excluding hydrogens is 446 g/mol. The second-order valence-corrected chi connectivity index (χ2v) is 10.1. The number of benzene rings is 2. The molecular formula is C20H25NO8S2. The molecule has 0 aliphatic carbocycles. The molecule has 0 aliphatic heterocycles. The number of nitrogens with one attached hydrogen (secondary N) is 1. The van der Waals surface area contributed by atoms with Crippen LogP contribution in [-0.2, 0) is 25.6 Å². The summed E-state index contributed by atoms with van der Waals surface area (Å²) >= 11 is 0. The van der Waals surface area contributed by atoms with Gasteiger partial charge in [0.15, 0.2) is 9.84 Å². The maximum Gasteiger partial charge on any atom is 0.229 e. The summed E-state index contributed by atoms with van der Waals surface area (Å²) in [5.74, 6) is 1.18. The number of sulfone groups is 1. The second kappa shape index (κ2) is 9.92. The summed E-state index contributed by atoms with van der Waals surface area (Å²) in [4.78, 5) is 0. The zero-order valence-electron chi connectivity index (χ0n) is 17.8. The summed E-state index contributed by atoms with van der Waals surface area (Å²) < 4.78 is 71.7. The molecule has 0 aromatic heterocycles. The van der Waals surface area contributed by atoms with E-state index < -0.39 is 19.9 Å². The number of hydrogen-bond acceptors (Lipinski definition) is 8. The molecule has 0 saturated carbocycles. The van der Waals surface area contributed by atoms with Crippen LogP contribution in [0.1, 0.15) is 11.1 Å². The van der Waals surface area contributed by atoms with Crippen molar-refractivity contribution in [2.75, 3.05) is 39.4 Å². The predicted octanol–water partition coefficient (Wildman–Crippen LogP) is 2.68. The molecule has 0 atom stereocenters. The van der Waals surface area contributed by atoms with Crippen LogP contribution in [0.2, 0.25) is 0 Å². The Balaban J connectivity index is 2.36. The summed E-state index contributed by atoms with van der Waals surface area (Å²) in [7, 11) is -1.50. The number of hydrogen-bond donors (Lipinski definition) is 1. The number of ether oxygens (including phenoxy) is 4. The fourth-order valence-electron chi connectivity index (χ4n) is 2.77. The van der Waals surface area contributed by atoms with Gasteiger partial charge >= 0.3 is 0 Å². The summed E-state index contributed by atoms with van der Waals surface area (Å²) in [6.07, 6.45) is 2.37. The van der Waals surface area contributed by atoms with E-state index >= 15 is 0 Å². The van der Waals surface area contributed by atoms with Crippen LogP contribution in [0.25, 0.3) is 6.08 Å². The van der Waals surface area contributed by atoms with Crippen molar-refractivity contribution in [3.8, 4) is 23.0 Å². The lowest BCUT2D eigenvalue weighted by Crippen LogP contribution is -2.11. The van der Waals surface area contributed by atoms with Crippen LogP contribution >= 0.6 is 0 Å². The molecule has 0 fully saturated rings. The second-order valence-electron chi connectivity index (χ2n) is 6.46. The van der Waals surface area contributed by atoms with Crippen LogP contribution in [0.3, 0.4) is 0 Å². The minimum absolute atomic E-state index is 0.153. The Kier molecular flexibility index (Phi) is 7.80. The Bertz CT molecular complexity index is 1150. The molecule has 0 saturated heterocycles. The van der Waals surface area contributed by atoms with Gasteiger partial charge in [-0.1, -0.05) is 6.07 Å². The zero-order valence-corrected chi connectivity index (χ0v) is 19.5. The maximum atomic E-state index is 12.7. The molecule has 170 valence electrons. The van der Waals surface area contributed by atoms with Crippen LogP contribution in [0.5, 0.6) is 23.0 Å². The molecule has 0 heterocycles. The fourth-order valence-corrected chi connectivity index (χ4v) is 4.42. The first-order valence-electron chi connectivity index (χ1n) is 8.87. The number of anilines is 1. The summed E-state index contributed by atoms with van der Waals surface area (Å²) in [6, 6.07) is 7.69. The average molecular weight is 472 g/mol. The third-order valence-electron chi connectivity index (χ3n) is 4.12. The van der Waals surface area contributed by atoms with E-state index in [0.717, 1.165) is 11.7 Å².